The molecule has 0 saturated heterocycles. The Bertz CT molecular complexity index is 1010. The summed E-state index contributed by atoms with van der Waals surface area (Å²) in [6.45, 7) is 2.99. The van der Waals surface area contributed by atoms with E-state index >= 15 is 0 Å². The molecule has 3 aromatic rings. The molecular formula is C21H18F3N3O3. The minimum atomic E-state index is -4.74. The van der Waals surface area contributed by atoms with Crippen molar-refractivity contribution in [2.24, 2.45) is 0 Å². The number of nitrogens with zero attached hydrogens (tertiary/aromatic N) is 2. The van der Waals surface area contributed by atoms with Crippen molar-refractivity contribution in [3.05, 3.63) is 71.8 Å². The number of alkyl halides is 3. The lowest BCUT2D eigenvalue weighted by Gasteiger charge is -2.12. The molecule has 30 heavy (non-hydrogen) atoms. The number of ether oxygens (including phenoxy) is 2. The standard InChI is InChI=1S/C21H18F3N3O3/c1-14-8-9-26-20(27-14)12-25-11-17-10-16(4-7-19(17)29-13-28)15-2-5-18(6-3-15)30-21(22,23)24/h2-10,13,25H,11-12H2,1H3. The van der Waals surface area contributed by atoms with Gasteiger partial charge in [0, 0.05) is 24.0 Å². The van der Waals surface area contributed by atoms with Gasteiger partial charge in [0.05, 0.1) is 6.54 Å². The third-order valence-electron chi connectivity index (χ3n) is 4.10. The second-order valence-electron chi connectivity index (χ2n) is 6.33. The highest BCUT2D eigenvalue weighted by molar-refractivity contribution is 5.67. The van der Waals surface area contributed by atoms with Crippen LogP contribution in [0.4, 0.5) is 13.2 Å². The van der Waals surface area contributed by atoms with E-state index in [0.717, 1.165) is 11.3 Å². The Morgan fingerprint density at radius 3 is 2.43 bits per heavy atom. The molecule has 9 heteroatoms. The van der Waals surface area contributed by atoms with E-state index in [2.05, 4.69) is 20.0 Å². The zero-order chi connectivity index (χ0) is 21.6. The number of carbonyl (C=O) groups excluding carboxylic acids is 1. The van der Waals surface area contributed by atoms with E-state index in [9.17, 15) is 18.0 Å². The molecule has 0 fully saturated rings. The number of aryl methyl sites for hydroxylation is 1. The molecule has 0 aliphatic carbocycles. The number of hydrogen-bond acceptors (Lipinski definition) is 6. The Morgan fingerprint density at radius 1 is 1.03 bits per heavy atom. The van der Waals surface area contributed by atoms with Gasteiger partial charge in [-0.15, -0.1) is 13.2 Å². The first-order valence-corrected chi connectivity index (χ1v) is 8.93. The van der Waals surface area contributed by atoms with Gasteiger partial charge in [0.25, 0.3) is 6.47 Å². The lowest BCUT2D eigenvalue weighted by atomic mass is 10.0. The summed E-state index contributed by atoms with van der Waals surface area (Å²) < 4.78 is 45.9. The number of hydrogen-bond donors (Lipinski definition) is 1. The Labute approximate surface area is 170 Å². The Hall–Kier alpha value is -3.46. The fourth-order valence-corrected chi connectivity index (χ4v) is 2.81. The molecular weight excluding hydrogens is 399 g/mol. The molecule has 0 saturated carbocycles. The van der Waals surface area contributed by atoms with Crippen molar-refractivity contribution in [2.45, 2.75) is 26.4 Å². The van der Waals surface area contributed by atoms with Crippen LogP contribution in [0.25, 0.3) is 11.1 Å². The molecule has 0 aliphatic rings. The van der Waals surface area contributed by atoms with E-state index in [1.165, 1.54) is 24.3 Å². The monoisotopic (exact) mass is 417 g/mol. The number of nitrogens with one attached hydrogen (secondary N) is 1. The maximum atomic E-state index is 12.3. The van der Waals surface area contributed by atoms with Crippen LogP contribution >= 0.6 is 0 Å². The van der Waals surface area contributed by atoms with Gasteiger partial charge in [-0.2, -0.15) is 0 Å². The maximum Gasteiger partial charge on any atom is 0.573 e. The quantitative estimate of drug-likeness (QED) is 0.555. The topological polar surface area (TPSA) is 73.3 Å². The summed E-state index contributed by atoms with van der Waals surface area (Å²) in [7, 11) is 0. The van der Waals surface area contributed by atoms with Gasteiger partial charge in [-0.25, -0.2) is 9.97 Å². The normalized spacial score (nSPS) is 11.2. The number of halogens is 3. The molecule has 0 radical (unpaired) electrons. The largest absolute Gasteiger partial charge is 0.573 e. The summed E-state index contributed by atoms with van der Waals surface area (Å²) in [6, 6.07) is 12.5. The van der Waals surface area contributed by atoms with Crippen LogP contribution < -0.4 is 14.8 Å². The van der Waals surface area contributed by atoms with E-state index in [0.29, 0.717) is 42.3 Å². The molecule has 0 aliphatic heterocycles. The minimum absolute atomic E-state index is 0.299. The Morgan fingerprint density at radius 2 is 1.77 bits per heavy atom. The molecule has 156 valence electrons. The van der Waals surface area contributed by atoms with Crippen LogP contribution in [0.1, 0.15) is 17.1 Å². The second-order valence-corrected chi connectivity index (χ2v) is 6.33. The number of aromatic nitrogens is 2. The van der Waals surface area contributed by atoms with Gasteiger partial charge >= 0.3 is 6.36 Å². The third kappa shape index (κ3) is 6.02. The molecule has 0 spiro atoms. The fraction of sp³-hybridized carbons (Fsp3) is 0.190. The molecule has 0 bridgehead atoms. The third-order valence-corrected chi connectivity index (χ3v) is 4.10. The summed E-state index contributed by atoms with van der Waals surface area (Å²) in [6.07, 6.45) is -3.07. The highest BCUT2D eigenvalue weighted by atomic mass is 19.4. The van der Waals surface area contributed by atoms with Crippen molar-refractivity contribution >= 4 is 6.47 Å². The molecule has 1 heterocycles. The van der Waals surface area contributed by atoms with E-state index in [1.54, 1.807) is 30.5 Å². The number of benzene rings is 2. The summed E-state index contributed by atoms with van der Waals surface area (Å²) in [4.78, 5) is 19.3. The molecule has 1 aromatic heterocycles. The van der Waals surface area contributed by atoms with Crippen molar-refractivity contribution in [1.29, 1.82) is 0 Å². The van der Waals surface area contributed by atoms with Crippen molar-refractivity contribution in [3.63, 3.8) is 0 Å². The summed E-state index contributed by atoms with van der Waals surface area (Å²) in [5, 5.41) is 3.19. The van der Waals surface area contributed by atoms with Crippen molar-refractivity contribution in [3.8, 4) is 22.6 Å². The van der Waals surface area contributed by atoms with Gasteiger partial charge < -0.3 is 14.8 Å². The van der Waals surface area contributed by atoms with Gasteiger partial charge in [-0.05, 0) is 48.4 Å². The smallest absolute Gasteiger partial charge is 0.428 e. The van der Waals surface area contributed by atoms with Crippen molar-refractivity contribution in [2.75, 3.05) is 0 Å². The SMILES string of the molecule is Cc1ccnc(CNCc2cc(-c3ccc(OC(F)(F)F)cc3)ccc2OC=O)n1. The molecule has 6 nitrogen and oxygen atoms in total. The minimum Gasteiger partial charge on any atom is -0.428 e. The predicted molar refractivity (Wildman–Crippen MR) is 103 cm³/mol. The predicted octanol–water partition coefficient (Wildman–Crippen LogP) is 4.18. The summed E-state index contributed by atoms with van der Waals surface area (Å²) in [5.74, 6) is 0.708. The molecule has 2 aromatic carbocycles. The van der Waals surface area contributed by atoms with Crippen LogP contribution in [0.5, 0.6) is 11.5 Å². The first-order chi connectivity index (χ1) is 14.3. The highest BCUT2D eigenvalue weighted by Crippen LogP contribution is 2.29. The first kappa shape index (κ1) is 21.3. The van der Waals surface area contributed by atoms with Crippen LogP contribution in [0.3, 0.4) is 0 Å². The zero-order valence-electron chi connectivity index (χ0n) is 15.9. The van der Waals surface area contributed by atoms with Gasteiger partial charge in [-0.1, -0.05) is 18.2 Å². The molecule has 1 N–H and O–H groups in total. The van der Waals surface area contributed by atoms with Gasteiger partial charge in [-0.3, -0.25) is 4.79 Å². The van der Waals surface area contributed by atoms with E-state index in [1.807, 2.05) is 6.92 Å². The average Bonchev–Trinajstić information content (AvgIpc) is 2.69. The van der Waals surface area contributed by atoms with Gasteiger partial charge in [0.15, 0.2) is 0 Å². The Kier molecular flexibility index (Phi) is 6.63. The van der Waals surface area contributed by atoms with Crippen LogP contribution in [0, 0.1) is 6.92 Å². The molecule has 0 amide bonds. The van der Waals surface area contributed by atoms with Crippen molar-refractivity contribution in [1.82, 2.24) is 15.3 Å². The first-order valence-electron chi connectivity index (χ1n) is 8.93. The second kappa shape index (κ2) is 9.36. The number of carbonyl (C=O) groups is 1. The lowest BCUT2D eigenvalue weighted by Crippen LogP contribution is -2.17. The van der Waals surface area contributed by atoms with Gasteiger partial charge in [0.1, 0.15) is 17.3 Å². The van der Waals surface area contributed by atoms with Gasteiger partial charge in [0.2, 0.25) is 0 Å². The van der Waals surface area contributed by atoms with Crippen LogP contribution in [-0.2, 0) is 17.9 Å². The van der Waals surface area contributed by atoms with Crippen molar-refractivity contribution < 1.29 is 27.4 Å². The van der Waals surface area contributed by atoms with Crippen LogP contribution in [0.15, 0.2) is 54.7 Å². The van der Waals surface area contributed by atoms with Crippen LogP contribution in [0.2, 0.25) is 0 Å². The number of rotatable bonds is 8. The summed E-state index contributed by atoms with van der Waals surface area (Å²) >= 11 is 0. The average molecular weight is 417 g/mol. The fourth-order valence-electron chi connectivity index (χ4n) is 2.81. The lowest BCUT2D eigenvalue weighted by molar-refractivity contribution is -0.274. The highest BCUT2D eigenvalue weighted by Gasteiger charge is 2.30. The van der Waals surface area contributed by atoms with E-state index < -0.39 is 6.36 Å². The van der Waals surface area contributed by atoms with E-state index in [-0.39, 0.29) is 5.75 Å². The van der Waals surface area contributed by atoms with Crippen LogP contribution in [-0.4, -0.2) is 22.8 Å². The van der Waals surface area contributed by atoms with E-state index in [4.69, 9.17) is 4.74 Å². The zero-order valence-corrected chi connectivity index (χ0v) is 15.9. The Balaban J connectivity index is 1.75. The molecule has 0 unspecified atom stereocenters. The maximum absolute atomic E-state index is 12.3. The molecule has 0 atom stereocenters. The summed E-state index contributed by atoms with van der Waals surface area (Å²) in [5.41, 5.74) is 2.98. The molecule has 3 rings (SSSR count).